The number of pyridine rings is 1. The molecule has 1 saturated heterocycles. The number of halogens is 2. The average Bonchev–Trinajstić information content (AvgIpc) is 2.97. The number of nitriles is 1. The van der Waals surface area contributed by atoms with E-state index in [1.165, 1.54) is 47.5 Å². The summed E-state index contributed by atoms with van der Waals surface area (Å²) in [5.41, 5.74) is 2.49. The van der Waals surface area contributed by atoms with Gasteiger partial charge in [0, 0.05) is 24.6 Å². The third kappa shape index (κ3) is 8.02. The standard InChI is InChI=1S/C32H33F2N7O4S/c1-19-11-27(22-9-10-26(25(34)12-22)40-46(43,44)18-21-7-5-20(14-35)6-8-21)38-28-15-36-30(39-29(19)28)37-24-13-23(33)16-41(17-24)31(42)45-32(2,3)4/h5-12,15,23-24,40H,13,16-18H2,1-4H3,(H,36,37,39)/t23-,24-/m0/s1. The number of ether oxygens (including phenoxy) is 1. The van der Waals surface area contributed by atoms with Gasteiger partial charge in [0.1, 0.15) is 23.1 Å². The van der Waals surface area contributed by atoms with Crippen molar-refractivity contribution in [2.75, 3.05) is 23.1 Å². The molecule has 11 nitrogen and oxygen atoms in total. The summed E-state index contributed by atoms with van der Waals surface area (Å²) in [6.45, 7) is 7.23. The maximum absolute atomic E-state index is 15.1. The van der Waals surface area contributed by atoms with Gasteiger partial charge in [-0.15, -0.1) is 0 Å². The minimum absolute atomic E-state index is 0.0521. The number of sulfonamides is 1. The Balaban J connectivity index is 1.29. The molecule has 2 aromatic carbocycles. The van der Waals surface area contributed by atoms with Crippen LogP contribution in [-0.4, -0.2) is 65.3 Å². The van der Waals surface area contributed by atoms with Crippen molar-refractivity contribution in [3.05, 3.63) is 77.2 Å². The highest BCUT2D eigenvalue weighted by molar-refractivity contribution is 7.91. The predicted molar refractivity (Wildman–Crippen MR) is 170 cm³/mol. The molecule has 2 atom stereocenters. The van der Waals surface area contributed by atoms with Gasteiger partial charge in [-0.1, -0.05) is 18.2 Å². The molecule has 4 aromatic rings. The van der Waals surface area contributed by atoms with Crippen molar-refractivity contribution in [3.8, 4) is 17.3 Å². The van der Waals surface area contributed by atoms with Crippen molar-refractivity contribution in [3.63, 3.8) is 0 Å². The topological polar surface area (TPSA) is 150 Å². The Hall–Kier alpha value is -4.90. The molecule has 2 aromatic heterocycles. The minimum Gasteiger partial charge on any atom is -0.444 e. The molecule has 0 bridgehead atoms. The van der Waals surface area contributed by atoms with Crippen LogP contribution in [0.25, 0.3) is 22.3 Å². The Labute approximate surface area is 265 Å². The van der Waals surface area contributed by atoms with Gasteiger partial charge in [0.15, 0.2) is 0 Å². The van der Waals surface area contributed by atoms with Crippen LogP contribution in [0, 0.1) is 24.1 Å². The van der Waals surface area contributed by atoms with Crippen molar-refractivity contribution in [2.24, 2.45) is 0 Å². The summed E-state index contributed by atoms with van der Waals surface area (Å²) in [4.78, 5) is 27.3. The second-order valence-electron chi connectivity index (χ2n) is 12.2. The zero-order valence-electron chi connectivity index (χ0n) is 25.7. The van der Waals surface area contributed by atoms with Gasteiger partial charge in [-0.05, 0) is 69.2 Å². The molecule has 46 heavy (non-hydrogen) atoms. The van der Waals surface area contributed by atoms with Crippen molar-refractivity contribution < 1.29 is 26.7 Å². The maximum Gasteiger partial charge on any atom is 0.410 e. The van der Waals surface area contributed by atoms with Gasteiger partial charge >= 0.3 is 6.09 Å². The van der Waals surface area contributed by atoms with Gasteiger partial charge in [0.2, 0.25) is 16.0 Å². The first-order valence-corrected chi connectivity index (χ1v) is 16.2. The number of hydrogen-bond donors (Lipinski definition) is 2. The third-order valence-electron chi connectivity index (χ3n) is 7.09. The second-order valence-corrected chi connectivity index (χ2v) is 13.9. The lowest BCUT2D eigenvalue weighted by Crippen LogP contribution is -2.51. The molecule has 1 aliphatic heterocycles. The van der Waals surface area contributed by atoms with E-state index in [0.717, 1.165) is 5.56 Å². The van der Waals surface area contributed by atoms with E-state index >= 15 is 4.39 Å². The number of piperidine rings is 1. The molecular weight excluding hydrogens is 616 g/mol. The Bertz CT molecular complexity index is 1930. The summed E-state index contributed by atoms with van der Waals surface area (Å²) in [5.74, 6) is -0.924. The van der Waals surface area contributed by atoms with Gasteiger partial charge in [-0.25, -0.2) is 36.9 Å². The number of alkyl halides is 1. The van der Waals surface area contributed by atoms with Crippen LogP contribution in [0.3, 0.4) is 0 Å². The van der Waals surface area contributed by atoms with Crippen LogP contribution in [0.5, 0.6) is 0 Å². The molecule has 3 heterocycles. The molecule has 0 saturated carbocycles. The Kier molecular flexibility index (Phi) is 9.07. The number of fused-ring (bicyclic) bond motifs is 1. The molecule has 0 unspecified atom stereocenters. The number of benzene rings is 2. The lowest BCUT2D eigenvalue weighted by Gasteiger charge is -2.36. The van der Waals surface area contributed by atoms with Crippen LogP contribution in [0.4, 0.5) is 25.2 Å². The lowest BCUT2D eigenvalue weighted by molar-refractivity contribution is 0.0124. The number of aromatic nitrogens is 3. The van der Waals surface area contributed by atoms with E-state index < -0.39 is 39.7 Å². The quantitative estimate of drug-likeness (QED) is 0.257. The summed E-state index contributed by atoms with van der Waals surface area (Å²) in [7, 11) is -3.93. The molecule has 1 aliphatic rings. The van der Waals surface area contributed by atoms with Crippen LogP contribution < -0.4 is 10.0 Å². The molecule has 0 spiro atoms. The Morgan fingerprint density at radius 2 is 1.87 bits per heavy atom. The number of carbonyl (C=O) groups excluding carboxylic acids is 1. The number of carbonyl (C=O) groups is 1. The van der Waals surface area contributed by atoms with Crippen molar-refractivity contribution in [1.29, 1.82) is 5.26 Å². The highest BCUT2D eigenvalue weighted by Crippen LogP contribution is 2.28. The zero-order valence-corrected chi connectivity index (χ0v) is 26.5. The average molecular weight is 650 g/mol. The van der Waals surface area contributed by atoms with E-state index in [1.807, 2.05) is 13.0 Å². The van der Waals surface area contributed by atoms with Crippen molar-refractivity contribution >= 4 is 38.8 Å². The molecule has 2 N–H and O–H groups in total. The fourth-order valence-corrected chi connectivity index (χ4v) is 6.26. The van der Waals surface area contributed by atoms with E-state index in [-0.39, 0.29) is 36.9 Å². The minimum atomic E-state index is -3.93. The van der Waals surface area contributed by atoms with E-state index in [1.54, 1.807) is 32.9 Å². The van der Waals surface area contributed by atoms with E-state index in [4.69, 9.17) is 10.00 Å². The van der Waals surface area contributed by atoms with E-state index in [0.29, 0.717) is 33.4 Å². The number of anilines is 2. The summed E-state index contributed by atoms with van der Waals surface area (Å²) in [5, 5.41) is 12.0. The van der Waals surface area contributed by atoms with Gasteiger partial charge in [0.05, 0.1) is 47.0 Å². The molecule has 14 heteroatoms. The molecular formula is C32H33F2N7O4S. The van der Waals surface area contributed by atoms with Gasteiger partial charge < -0.3 is 15.0 Å². The van der Waals surface area contributed by atoms with E-state index in [2.05, 4.69) is 25.0 Å². The number of nitrogens with one attached hydrogen (secondary N) is 2. The smallest absolute Gasteiger partial charge is 0.410 e. The van der Waals surface area contributed by atoms with E-state index in [9.17, 15) is 17.6 Å². The molecule has 0 radical (unpaired) electrons. The monoisotopic (exact) mass is 649 g/mol. The van der Waals surface area contributed by atoms with Crippen LogP contribution >= 0.6 is 0 Å². The van der Waals surface area contributed by atoms with Crippen LogP contribution in [0.1, 0.15) is 43.9 Å². The highest BCUT2D eigenvalue weighted by atomic mass is 32.2. The number of aryl methyl sites for hydroxylation is 1. The summed E-state index contributed by atoms with van der Waals surface area (Å²) in [6, 6.07) is 13.4. The zero-order chi connectivity index (χ0) is 33.2. The summed E-state index contributed by atoms with van der Waals surface area (Å²) in [6.07, 6.45) is -0.150. The predicted octanol–water partition coefficient (Wildman–Crippen LogP) is 5.71. The van der Waals surface area contributed by atoms with Crippen LogP contribution in [0.2, 0.25) is 0 Å². The first kappa shape index (κ1) is 32.5. The normalized spacial score (nSPS) is 16.9. The molecule has 1 amide bonds. The molecule has 1 fully saturated rings. The largest absolute Gasteiger partial charge is 0.444 e. The van der Waals surface area contributed by atoms with Crippen molar-refractivity contribution in [2.45, 2.75) is 57.7 Å². The Morgan fingerprint density at radius 3 is 2.54 bits per heavy atom. The second kappa shape index (κ2) is 12.8. The van der Waals surface area contributed by atoms with Crippen LogP contribution in [-0.2, 0) is 20.5 Å². The highest BCUT2D eigenvalue weighted by Gasteiger charge is 2.33. The fraction of sp³-hybridized carbons (Fsp3) is 0.344. The molecule has 5 rings (SSSR count). The maximum atomic E-state index is 15.1. The number of hydrogen-bond acceptors (Lipinski definition) is 9. The summed E-state index contributed by atoms with van der Waals surface area (Å²) >= 11 is 0. The van der Waals surface area contributed by atoms with Crippen LogP contribution in [0.15, 0.2) is 54.7 Å². The van der Waals surface area contributed by atoms with Gasteiger partial charge in [-0.2, -0.15) is 5.26 Å². The number of nitrogens with zero attached hydrogens (tertiary/aromatic N) is 5. The number of amides is 1. The van der Waals surface area contributed by atoms with Gasteiger partial charge in [-0.3, -0.25) is 4.72 Å². The number of likely N-dealkylation sites (tertiary alicyclic amines) is 1. The third-order valence-corrected chi connectivity index (χ3v) is 8.34. The van der Waals surface area contributed by atoms with Gasteiger partial charge in [0.25, 0.3) is 0 Å². The first-order valence-electron chi connectivity index (χ1n) is 14.5. The Morgan fingerprint density at radius 1 is 1.13 bits per heavy atom. The number of rotatable bonds is 7. The fourth-order valence-electron chi connectivity index (χ4n) is 5.06. The lowest BCUT2D eigenvalue weighted by atomic mass is 10.0. The first-order chi connectivity index (χ1) is 21.7. The SMILES string of the molecule is Cc1cc(-c2ccc(NS(=O)(=O)Cc3ccc(C#N)cc3)c(F)c2)nc2cnc(N[C@H]3C[C@H](F)CN(C(=O)OC(C)(C)C)C3)nc12. The molecule has 0 aliphatic carbocycles. The molecule has 240 valence electrons. The van der Waals surface area contributed by atoms with Crippen molar-refractivity contribution in [1.82, 2.24) is 19.9 Å². The summed E-state index contributed by atoms with van der Waals surface area (Å²) < 4.78 is 62.7.